The third kappa shape index (κ3) is 4.68. The molecule has 1 amide bonds. The molecular weight excluding hydrogens is 218 g/mol. The van der Waals surface area contributed by atoms with Gasteiger partial charge in [-0.15, -0.1) is 0 Å². The molecule has 0 fully saturated rings. The second kappa shape index (κ2) is 6.68. The van der Waals surface area contributed by atoms with Crippen molar-refractivity contribution < 1.29 is 14.7 Å². The number of carboxylic acid groups (broad SMARTS) is 1. The van der Waals surface area contributed by atoms with Crippen molar-refractivity contribution >= 4 is 11.9 Å². The number of amides is 1. The Kier molecular flexibility index (Phi) is 5.20. The van der Waals surface area contributed by atoms with Crippen LogP contribution < -0.4 is 0 Å². The number of hydrogen-bond acceptors (Lipinski definition) is 2. The summed E-state index contributed by atoms with van der Waals surface area (Å²) in [4.78, 5) is 23.6. The van der Waals surface area contributed by atoms with Crippen LogP contribution in [0.25, 0.3) is 0 Å². The summed E-state index contributed by atoms with van der Waals surface area (Å²) in [6.45, 7) is 2.45. The minimum Gasteiger partial charge on any atom is -0.465 e. The van der Waals surface area contributed by atoms with Crippen LogP contribution in [0.1, 0.15) is 18.9 Å². The molecular formula is C13H17NO3. The first-order valence-corrected chi connectivity index (χ1v) is 5.67. The fraction of sp³-hybridized carbons (Fsp3) is 0.385. The Labute approximate surface area is 101 Å². The van der Waals surface area contributed by atoms with Crippen molar-refractivity contribution in [3.05, 3.63) is 35.9 Å². The molecule has 0 atom stereocenters. The number of carbonyl (C=O) groups excluding carboxylic acids is 1. The molecule has 1 aromatic carbocycles. The van der Waals surface area contributed by atoms with Gasteiger partial charge in [0, 0.05) is 25.9 Å². The molecule has 0 radical (unpaired) electrons. The Bertz CT molecular complexity index is 376. The van der Waals surface area contributed by atoms with Crippen molar-refractivity contribution in [2.75, 3.05) is 13.1 Å². The van der Waals surface area contributed by atoms with Crippen LogP contribution in [-0.4, -0.2) is 35.0 Å². The minimum absolute atomic E-state index is 0.0656. The average molecular weight is 235 g/mol. The van der Waals surface area contributed by atoms with Gasteiger partial charge in [-0.2, -0.15) is 0 Å². The second-order valence-electron chi connectivity index (χ2n) is 3.81. The Morgan fingerprint density at radius 3 is 2.41 bits per heavy atom. The van der Waals surface area contributed by atoms with Crippen LogP contribution >= 0.6 is 0 Å². The summed E-state index contributed by atoms with van der Waals surface area (Å²) >= 11 is 0. The number of Topliss-reactive ketones (excluding diaryl/α,β-unsaturated/α-hetero) is 1. The van der Waals surface area contributed by atoms with Gasteiger partial charge >= 0.3 is 6.09 Å². The fourth-order valence-electron chi connectivity index (χ4n) is 1.56. The molecule has 1 rings (SSSR count). The van der Waals surface area contributed by atoms with Crippen LogP contribution in [0.15, 0.2) is 30.3 Å². The van der Waals surface area contributed by atoms with E-state index in [1.54, 1.807) is 6.92 Å². The number of ketones is 1. The van der Waals surface area contributed by atoms with Gasteiger partial charge in [-0.25, -0.2) is 4.79 Å². The van der Waals surface area contributed by atoms with Crippen LogP contribution in [0.4, 0.5) is 4.79 Å². The average Bonchev–Trinajstić information content (AvgIpc) is 2.30. The SMILES string of the molecule is CCN(CCC(=O)Cc1ccccc1)C(=O)O. The summed E-state index contributed by atoms with van der Waals surface area (Å²) in [5.74, 6) is 0.0656. The fourth-order valence-corrected chi connectivity index (χ4v) is 1.56. The van der Waals surface area contributed by atoms with Crippen LogP contribution in [-0.2, 0) is 11.2 Å². The van der Waals surface area contributed by atoms with Crippen molar-refractivity contribution in [1.29, 1.82) is 0 Å². The summed E-state index contributed by atoms with van der Waals surface area (Å²) in [6, 6.07) is 9.47. The van der Waals surface area contributed by atoms with E-state index in [0.717, 1.165) is 5.56 Å². The van der Waals surface area contributed by atoms with E-state index >= 15 is 0 Å². The third-order valence-electron chi connectivity index (χ3n) is 2.56. The molecule has 1 N–H and O–H groups in total. The van der Waals surface area contributed by atoms with Crippen LogP contribution in [0.3, 0.4) is 0 Å². The van der Waals surface area contributed by atoms with Crippen molar-refractivity contribution in [3.63, 3.8) is 0 Å². The molecule has 0 bridgehead atoms. The molecule has 0 aliphatic rings. The van der Waals surface area contributed by atoms with Crippen LogP contribution in [0.5, 0.6) is 0 Å². The van der Waals surface area contributed by atoms with E-state index in [1.807, 2.05) is 30.3 Å². The van der Waals surface area contributed by atoms with E-state index in [1.165, 1.54) is 4.90 Å². The lowest BCUT2D eigenvalue weighted by Gasteiger charge is -2.15. The van der Waals surface area contributed by atoms with Gasteiger partial charge in [-0.3, -0.25) is 4.79 Å². The molecule has 0 aliphatic heterocycles. The largest absolute Gasteiger partial charge is 0.465 e. The molecule has 17 heavy (non-hydrogen) atoms. The van der Waals surface area contributed by atoms with Gasteiger partial charge in [0.05, 0.1) is 0 Å². The zero-order valence-electron chi connectivity index (χ0n) is 9.93. The zero-order chi connectivity index (χ0) is 12.7. The molecule has 0 saturated carbocycles. The molecule has 0 heterocycles. The highest BCUT2D eigenvalue weighted by Gasteiger charge is 2.11. The highest BCUT2D eigenvalue weighted by Crippen LogP contribution is 2.03. The third-order valence-corrected chi connectivity index (χ3v) is 2.56. The van der Waals surface area contributed by atoms with Gasteiger partial charge in [0.15, 0.2) is 0 Å². The minimum atomic E-state index is -0.972. The lowest BCUT2D eigenvalue weighted by atomic mass is 10.1. The van der Waals surface area contributed by atoms with Crippen LogP contribution in [0.2, 0.25) is 0 Å². The number of benzene rings is 1. The molecule has 0 saturated heterocycles. The van der Waals surface area contributed by atoms with E-state index in [0.29, 0.717) is 13.0 Å². The highest BCUT2D eigenvalue weighted by molar-refractivity contribution is 5.81. The number of hydrogen-bond donors (Lipinski definition) is 1. The molecule has 0 spiro atoms. The van der Waals surface area contributed by atoms with Crippen molar-refractivity contribution in [2.24, 2.45) is 0 Å². The maximum Gasteiger partial charge on any atom is 0.407 e. The molecule has 92 valence electrons. The maximum atomic E-state index is 11.6. The summed E-state index contributed by atoms with van der Waals surface area (Å²) in [5, 5.41) is 8.79. The number of nitrogens with zero attached hydrogens (tertiary/aromatic N) is 1. The van der Waals surface area contributed by atoms with Crippen molar-refractivity contribution in [3.8, 4) is 0 Å². The quantitative estimate of drug-likeness (QED) is 0.822. The van der Waals surface area contributed by atoms with E-state index in [9.17, 15) is 9.59 Å². The summed E-state index contributed by atoms with van der Waals surface area (Å²) in [6.07, 6.45) is -0.326. The monoisotopic (exact) mass is 235 g/mol. The van der Waals surface area contributed by atoms with Gasteiger partial charge < -0.3 is 10.0 Å². The molecule has 0 aliphatic carbocycles. The lowest BCUT2D eigenvalue weighted by Crippen LogP contribution is -2.31. The summed E-state index contributed by atoms with van der Waals surface area (Å²) in [5.41, 5.74) is 0.968. The predicted molar refractivity (Wildman–Crippen MR) is 65.0 cm³/mol. The number of rotatable bonds is 6. The predicted octanol–water partition coefficient (Wildman–Crippen LogP) is 2.19. The first-order valence-electron chi connectivity index (χ1n) is 5.67. The van der Waals surface area contributed by atoms with Gasteiger partial charge in [-0.05, 0) is 12.5 Å². The van der Waals surface area contributed by atoms with Crippen molar-refractivity contribution in [2.45, 2.75) is 19.8 Å². The number of carbonyl (C=O) groups is 2. The Hall–Kier alpha value is -1.84. The van der Waals surface area contributed by atoms with Crippen molar-refractivity contribution in [1.82, 2.24) is 4.90 Å². The summed E-state index contributed by atoms with van der Waals surface area (Å²) < 4.78 is 0. The molecule has 0 aromatic heterocycles. The van der Waals surface area contributed by atoms with Gasteiger partial charge in [-0.1, -0.05) is 30.3 Å². The van der Waals surface area contributed by atoms with Gasteiger partial charge in [0.1, 0.15) is 5.78 Å². The molecule has 1 aromatic rings. The standard InChI is InChI=1S/C13H17NO3/c1-2-14(13(16)17)9-8-12(15)10-11-6-4-3-5-7-11/h3-7H,2,8-10H2,1H3,(H,16,17). The lowest BCUT2D eigenvalue weighted by molar-refractivity contribution is -0.118. The molecule has 4 heteroatoms. The smallest absolute Gasteiger partial charge is 0.407 e. The topological polar surface area (TPSA) is 57.6 Å². The van der Waals surface area contributed by atoms with E-state index in [4.69, 9.17) is 5.11 Å². The highest BCUT2D eigenvalue weighted by atomic mass is 16.4. The molecule has 0 unspecified atom stereocenters. The Morgan fingerprint density at radius 2 is 1.88 bits per heavy atom. The maximum absolute atomic E-state index is 11.6. The van der Waals surface area contributed by atoms with E-state index in [-0.39, 0.29) is 18.7 Å². The second-order valence-corrected chi connectivity index (χ2v) is 3.81. The first-order chi connectivity index (χ1) is 8.13. The Balaban J connectivity index is 2.38. The summed E-state index contributed by atoms with van der Waals surface area (Å²) in [7, 11) is 0. The van der Waals surface area contributed by atoms with Crippen LogP contribution in [0, 0.1) is 0 Å². The molecule has 4 nitrogen and oxygen atoms in total. The van der Waals surface area contributed by atoms with E-state index < -0.39 is 6.09 Å². The Morgan fingerprint density at radius 1 is 1.24 bits per heavy atom. The normalized spacial score (nSPS) is 9.94. The van der Waals surface area contributed by atoms with E-state index in [2.05, 4.69) is 0 Å². The van der Waals surface area contributed by atoms with Gasteiger partial charge in [0.2, 0.25) is 0 Å². The van der Waals surface area contributed by atoms with Gasteiger partial charge in [0.25, 0.3) is 0 Å². The first kappa shape index (κ1) is 13.2. The zero-order valence-corrected chi connectivity index (χ0v) is 9.93.